The van der Waals surface area contributed by atoms with Crippen molar-refractivity contribution in [1.82, 2.24) is 10.6 Å². The van der Waals surface area contributed by atoms with E-state index in [1.807, 2.05) is 0 Å². The lowest BCUT2D eigenvalue weighted by atomic mass is 10.1. The normalized spacial score (nSPS) is 15.9. The van der Waals surface area contributed by atoms with E-state index in [0.717, 1.165) is 11.8 Å². The number of carbonyl (C=O) groups excluding carboxylic acids is 4. The summed E-state index contributed by atoms with van der Waals surface area (Å²) in [5.74, 6) is -1.62. The van der Waals surface area contributed by atoms with Crippen LogP contribution in [0.4, 0.5) is 10.5 Å². The molecule has 1 fully saturated rings. The highest BCUT2D eigenvalue weighted by Gasteiger charge is 2.31. The monoisotopic (exact) mass is 553 g/mol. The van der Waals surface area contributed by atoms with E-state index in [-0.39, 0.29) is 28.5 Å². The van der Waals surface area contributed by atoms with E-state index in [4.69, 9.17) is 4.74 Å². The van der Waals surface area contributed by atoms with Crippen LogP contribution in [0.3, 0.4) is 0 Å². The average Bonchev–Trinajstić information content (AvgIpc) is 3.23. The number of amides is 3. The van der Waals surface area contributed by atoms with Crippen molar-refractivity contribution in [2.24, 2.45) is 0 Å². The van der Waals surface area contributed by atoms with Gasteiger partial charge < -0.3 is 10.1 Å². The number of esters is 1. The first-order valence-corrected chi connectivity index (χ1v) is 13.7. The Morgan fingerprint density at radius 2 is 1.71 bits per heavy atom. The second kappa shape index (κ2) is 11.5. The van der Waals surface area contributed by atoms with Crippen molar-refractivity contribution in [3.05, 3.63) is 95.6 Å². The van der Waals surface area contributed by atoms with Crippen molar-refractivity contribution >= 4 is 50.5 Å². The molecular formula is C26H23N3O7S2. The smallest absolute Gasteiger partial charge is 0.333 e. The predicted molar refractivity (Wildman–Crippen MR) is 141 cm³/mol. The fourth-order valence-electron chi connectivity index (χ4n) is 3.74. The second-order valence-electron chi connectivity index (χ2n) is 8.26. The zero-order valence-corrected chi connectivity index (χ0v) is 21.7. The van der Waals surface area contributed by atoms with Crippen molar-refractivity contribution in [3.8, 4) is 0 Å². The van der Waals surface area contributed by atoms with Crippen LogP contribution in [0, 0.1) is 0 Å². The van der Waals surface area contributed by atoms with Crippen molar-refractivity contribution in [3.63, 3.8) is 0 Å². The molecule has 1 aliphatic rings. The highest BCUT2D eigenvalue weighted by Crippen LogP contribution is 2.24. The van der Waals surface area contributed by atoms with E-state index in [2.05, 4.69) is 15.4 Å². The summed E-state index contributed by atoms with van der Waals surface area (Å²) in [6, 6.07) is 19.3. The summed E-state index contributed by atoms with van der Waals surface area (Å²) in [5, 5.41) is 3.88. The molecule has 3 amide bonds. The Labute approximate surface area is 223 Å². The zero-order chi connectivity index (χ0) is 27.3. The quantitative estimate of drug-likeness (QED) is 0.343. The number of nitrogens with one attached hydrogen (secondary N) is 3. The number of benzene rings is 3. The van der Waals surface area contributed by atoms with Gasteiger partial charge in [0.05, 0.1) is 17.3 Å². The summed E-state index contributed by atoms with van der Waals surface area (Å²) < 4.78 is 33.1. The molecule has 0 bridgehead atoms. The summed E-state index contributed by atoms with van der Waals surface area (Å²) >= 11 is 0.900. The van der Waals surface area contributed by atoms with E-state index >= 15 is 0 Å². The highest BCUT2D eigenvalue weighted by molar-refractivity contribution is 8.15. The number of ether oxygens (including phenoxy) is 1. The first-order valence-electron chi connectivity index (χ1n) is 11.3. The Hall–Kier alpha value is -4.16. The molecule has 1 aliphatic heterocycles. The molecule has 3 aromatic rings. The molecular weight excluding hydrogens is 530 g/mol. The largest absolute Gasteiger partial charge is 0.467 e. The maximum atomic E-state index is 12.9. The molecule has 196 valence electrons. The molecule has 2 unspecified atom stereocenters. The molecule has 10 nitrogen and oxygen atoms in total. The van der Waals surface area contributed by atoms with Crippen LogP contribution in [0.15, 0.2) is 83.8 Å². The summed E-state index contributed by atoms with van der Waals surface area (Å²) in [6.45, 7) is 0. The number of methoxy groups -OCH3 is 1. The van der Waals surface area contributed by atoms with Gasteiger partial charge in [0.1, 0.15) is 0 Å². The van der Waals surface area contributed by atoms with Crippen LogP contribution >= 0.6 is 11.8 Å². The Morgan fingerprint density at radius 1 is 1.00 bits per heavy atom. The molecule has 0 saturated carbocycles. The van der Waals surface area contributed by atoms with Gasteiger partial charge in [-0.25, -0.2) is 13.2 Å². The molecule has 0 radical (unpaired) electrons. The maximum absolute atomic E-state index is 12.9. The third kappa shape index (κ3) is 6.39. The summed E-state index contributed by atoms with van der Waals surface area (Å²) in [4.78, 5) is 48.3. The van der Waals surface area contributed by atoms with E-state index in [0.29, 0.717) is 11.1 Å². The van der Waals surface area contributed by atoms with Gasteiger partial charge in [-0.1, -0.05) is 60.3 Å². The SMILES string of the molecule is COC(=O)C(NC(=O)c1cccc(NS(=O)(=O)c2ccc(CC3SC(=O)NC3=O)cc2)c1)c1ccccc1. The molecule has 3 N–H and O–H groups in total. The van der Waals surface area contributed by atoms with Gasteiger partial charge in [0.2, 0.25) is 5.91 Å². The number of hydrogen-bond donors (Lipinski definition) is 3. The first-order chi connectivity index (χ1) is 18.2. The van der Waals surface area contributed by atoms with Gasteiger partial charge in [-0.05, 0) is 47.9 Å². The number of anilines is 1. The van der Waals surface area contributed by atoms with Crippen molar-refractivity contribution in [1.29, 1.82) is 0 Å². The summed E-state index contributed by atoms with van der Waals surface area (Å²) in [7, 11) is -2.78. The van der Waals surface area contributed by atoms with Crippen LogP contribution in [0.2, 0.25) is 0 Å². The van der Waals surface area contributed by atoms with Gasteiger partial charge in [-0.15, -0.1) is 0 Å². The van der Waals surface area contributed by atoms with Crippen molar-refractivity contribution in [2.75, 3.05) is 11.8 Å². The Balaban J connectivity index is 1.45. The fraction of sp³-hybridized carbons (Fsp3) is 0.154. The van der Waals surface area contributed by atoms with Gasteiger partial charge in [-0.2, -0.15) is 0 Å². The van der Waals surface area contributed by atoms with Gasteiger partial charge in [0.15, 0.2) is 6.04 Å². The number of hydrogen-bond acceptors (Lipinski definition) is 8. The van der Waals surface area contributed by atoms with Crippen LogP contribution in [-0.2, 0) is 30.8 Å². The standard InChI is InChI=1S/C26H23N3O7S2/c1-36-25(32)22(17-6-3-2-4-7-17)27-23(30)18-8-5-9-19(15-18)29-38(34,35)20-12-10-16(11-13-20)14-21-24(31)28-26(33)37-21/h2-13,15,21-22,29H,14H2,1H3,(H,27,30)(H,28,31,33). The van der Waals surface area contributed by atoms with Gasteiger partial charge in [0.25, 0.3) is 21.2 Å². The topological polar surface area (TPSA) is 148 Å². The van der Waals surface area contributed by atoms with Gasteiger partial charge in [-0.3, -0.25) is 24.4 Å². The lowest BCUT2D eigenvalue weighted by Crippen LogP contribution is -2.34. The third-order valence-electron chi connectivity index (χ3n) is 5.64. The van der Waals surface area contributed by atoms with Crippen LogP contribution in [0.1, 0.15) is 27.5 Å². The van der Waals surface area contributed by atoms with Gasteiger partial charge >= 0.3 is 5.97 Å². The molecule has 3 aromatic carbocycles. The number of carbonyl (C=O) groups is 4. The van der Waals surface area contributed by atoms with E-state index in [1.54, 1.807) is 42.5 Å². The lowest BCUT2D eigenvalue weighted by molar-refractivity contribution is -0.143. The fourth-order valence-corrected chi connectivity index (χ4v) is 5.65. The highest BCUT2D eigenvalue weighted by atomic mass is 32.2. The van der Waals surface area contributed by atoms with Crippen LogP contribution < -0.4 is 15.4 Å². The van der Waals surface area contributed by atoms with Crippen molar-refractivity contribution < 1.29 is 32.3 Å². The van der Waals surface area contributed by atoms with Crippen LogP contribution in [0.25, 0.3) is 0 Å². The molecule has 4 rings (SSSR count). The number of rotatable bonds is 9. The second-order valence-corrected chi connectivity index (χ2v) is 11.1. The molecule has 1 saturated heterocycles. The lowest BCUT2D eigenvalue weighted by Gasteiger charge is -2.17. The van der Waals surface area contributed by atoms with Gasteiger partial charge in [0, 0.05) is 11.3 Å². The van der Waals surface area contributed by atoms with Crippen LogP contribution in [-0.4, -0.2) is 43.8 Å². The molecule has 1 heterocycles. The Kier molecular flexibility index (Phi) is 8.13. The minimum atomic E-state index is -4.00. The van der Waals surface area contributed by atoms with Crippen molar-refractivity contribution in [2.45, 2.75) is 22.6 Å². The molecule has 0 spiro atoms. The molecule has 2 atom stereocenters. The van der Waals surface area contributed by atoms with E-state index in [1.165, 1.54) is 43.5 Å². The minimum absolute atomic E-state index is 0.0226. The Bertz CT molecular complexity index is 1480. The van der Waals surface area contributed by atoms with E-state index < -0.39 is 38.4 Å². The first kappa shape index (κ1) is 26.9. The molecule has 12 heteroatoms. The molecule has 0 aromatic heterocycles. The Morgan fingerprint density at radius 3 is 2.34 bits per heavy atom. The average molecular weight is 554 g/mol. The number of thioether (sulfide) groups is 1. The summed E-state index contributed by atoms with van der Waals surface area (Å²) in [5.41, 5.74) is 1.51. The number of sulfonamides is 1. The molecule has 0 aliphatic carbocycles. The maximum Gasteiger partial charge on any atom is 0.333 e. The minimum Gasteiger partial charge on any atom is -0.467 e. The molecule has 38 heavy (non-hydrogen) atoms. The number of imide groups is 1. The zero-order valence-electron chi connectivity index (χ0n) is 20.0. The third-order valence-corrected chi connectivity index (χ3v) is 8.02. The van der Waals surface area contributed by atoms with Crippen LogP contribution in [0.5, 0.6) is 0 Å². The summed E-state index contributed by atoms with van der Waals surface area (Å²) in [6.07, 6.45) is 0.280. The van der Waals surface area contributed by atoms with E-state index in [9.17, 15) is 27.6 Å². The predicted octanol–water partition coefficient (Wildman–Crippen LogP) is 3.03.